The quantitative estimate of drug-likeness (QED) is 0.789. The van der Waals surface area contributed by atoms with Crippen LogP contribution >= 0.6 is 11.8 Å². The number of nitrogens with one attached hydrogen (secondary N) is 1. The average molecular weight is 258 g/mol. The number of rotatable bonds is 6. The van der Waals surface area contributed by atoms with Gasteiger partial charge in [-0.15, -0.1) is 0 Å². The molecule has 0 aromatic carbocycles. The Labute approximate surface area is 112 Å². The molecule has 0 saturated carbocycles. The van der Waals surface area contributed by atoms with Gasteiger partial charge in [-0.05, 0) is 70.7 Å². The first-order valence-electron chi connectivity index (χ1n) is 7.09. The molecule has 17 heavy (non-hydrogen) atoms. The van der Waals surface area contributed by atoms with Crippen molar-refractivity contribution in [2.24, 2.45) is 5.92 Å². The molecule has 1 N–H and O–H groups in total. The highest BCUT2D eigenvalue weighted by Crippen LogP contribution is 2.14. The molecule has 1 aliphatic heterocycles. The Morgan fingerprint density at radius 1 is 1.24 bits per heavy atom. The van der Waals surface area contributed by atoms with Crippen LogP contribution in [0.25, 0.3) is 0 Å². The molecule has 0 aromatic rings. The minimum absolute atomic E-state index is 0.712. The van der Waals surface area contributed by atoms with E-state index in [2.05, 4.69) is 37.2 Å². The molecule has 2 atom stereocenters. The van der Waals surface area contributed by atoms with E-state index in [4.69, 9.17) is 0 Å². The van der Waals surface area contributed by atoms with Crippen LogP contribution in [0.4, 0.5) is 0 Å². The van der Waals surface area contributed by atoms with E-state index < -0.39 is 0 Å². The molecule has 0 amide bonds. The molecular weight excluding hydrogens is 228 g/mol. The molecule has 1 fully saturated rings. The van der Waals surface area contributed by atoms with Crippen molar-refractivity contribution < 1.29 is 0 Å². The van der Waals surface area contributed by atoms with Gasteiger partial charge in [0.05, 0.1) is 0 Å². The summed E-state index contributed by atoms with van der Waals surface area (Å²) in [6.07, 6.45) is 6.23. The van der Waals surface area contributed by atoms with Gasteiger partial charge < -0.3 is 10.2 Å². The van der Waals surface area contributed by atoms with Crippen LogP contribution in [0.15, 0.2) is 0 Å². The van der Waals surface area contributed by atoms with E-state index in [1.807, 2.05) is 11.8 Å². The normalized spacial score (nSPS) is 24.9. The van der Waals surface area contributed by atoms with Gasteiger partial charge in [0.25, 0.3) is 0 Å². The lowest BCUT2D eigenvalue weighted by molar-refractivity contribution is 0.229. The van der Waals surface area contributed by atoms with Crippen molar-refractivity contribution in [1.29, 1.82) is 0 Å². The summed E-state index contributed by atoms with van der Waals surface area (Å²) in [6, 6.07) is 1.47. The Bertz CT molecular complexity index is 197. The zero-order chi connectivity index (χ0) is 12.7. The molecule has 0 bridgehead atoms. The van der Waals surface area contributed by atoms with Crippen molar-refractivity contribution in [3.05, 3.63) is 0 Å². The molecular formula is C14H30N2S. The van der Waals surface area contributed by atoms with E-state index in [-0.39, 0.29) is 0 Å². The Morgan fingerprint density at radius 2 is 2.00 bits per heavy atom. The number of hydrogen-bond donors (Lipinski definition) is 1. The first-order valence-corrected chi connectivity index (χ1v) is 8.49. The zero-order valence-electron chi connectivity index (χ0n) is 12.0. The second kappa shape index (κ2) is 8.39. The van der Waals surface area contributed by atoms with Gasteiger partial charge in [0.2, 0.25) is 0 Å². The fourth-order valence-corrected chi connectivity index (χ4v) is 3.24. The monoisotopic (exact) mass is 258 g/mol. The van der Waals surface area contributed by atoms with Crippen LogP contribution in [-0.2, 0) is 0 Å². The molecule has 1 rings (SSSR count). The number of likely N-dealkylation sites (tertiary alicyclic amines) is 1. The van der Waals surface area contributed by atoms with Crippen molar-refractivity contribution in [3.63, 3.8) is 0 Å². The van der Waals surface area contributed by atoms with Crippen molar-refractivity contribution in [2.75, 3.05) is 31.6 Å². The first kappa shape index (κ1) is 15.3. The topological polar surface area (TPSA) is 15.3 Å². The zero-order valence-corrected chi connectivity index (χ0v) is 12.9. The van der Waals surface area contributed by atoms with Gasteiger partial charge in [0, 0.05) is 12.1 Å². The smallest absolute Gasteiger partial charge is 0.00798 e. The Balaban J connectivity index is 2.22. The Morgan fingerprint density at radius 3 is 2.65 bits per heavy atom. The summed E-state index contributed by atoms with van der Waals surface area (Å²) < 4.78 is 0. The van der Waals surface area contributed by atoms with Gasteiger partial charge in [0.15, 0.2) is 0 Å². The molecule has 0 aromatic heterocycles. The molecule has 2 nitrogen and oxygen atoms in total. The highest BCUT2D eigenvalue weighted by molar-refractivity contribution is 7.98. The summed E-state index contributed by atoms with van der Waals surface area (Å²) in [4.78, 5) is 2.62. The van der Waals surface area contributed by atoms with Crippen molar-refractivity contribution in [3.8, 4) is 0 Å². The van der Waals surface area contributed by atoms with Crippen LogP contribution < -0.4 is 5.32 Å². The first-order chi connectivity index (χ1) is 8.13. The molecule has 1 saturated heterocycles. The van der Waals surface area contributed by atoms with Crippen LogP contribution in [0.2, 0.25) is 0 Å². The minimum Gasteiger partial charge on any atom is -0.314 e. The summed E-state index contributed by atoms with van der Waals surface area (Å²) in [5, 5.41) is 3.77. The maximum absolute atomic E-state index is 3.77. The summed E-state index contributed by atoms with van der Waals surface area (Å²) in [5.41, 5.74) is 0. The number of hydrogen-bond acceptors (Lipinski definition) is 3. The lowest BCUT2D eigenvalue weighted by Gasteiger charge is -2.24. The number of thioether (sulfide) groups is 1. The third-order valence-corrected chi connectivity index (χ3v) is 4.60. The van der Waals surface area contributed by atoms with Gasteiger partial charge in [-0.1, -0.05) is 6.92 Å². The second-order valence-corrected chi connectivity index (χ2v) is 6.64. The van der Waals surface area contributed by atoms with Crippen molar-refractivity contribution in [1.82, 2.24) is 10.2 Å². The second-order valence-electron chi connectivity index (χ2n) is 5.73. The van der Waals surface area contributed by atoms with Crippen LogP contribution in [0.3, 0.4) is 0 Å². The molecule has 0 spiro atoms. The molecule has 2 unspecified atom stereocenters. The maximum atomic E-state index is 3.77. The van der Waals surface area contributed by atoms with Gasteiger partial charge in [0.1, 0.15) is 0 Å². The van der Waals surface area contributed by atoms with E-state index >= 15 is 0 Å². The fraction of sp³-hybridized carbons (Fsp3) is 1.00. The lowest BCUT2D eigenvalue weighted by atomic mass is 10.1. The van der Waals surface area contributed by atoms with E-state index in [0.29, 0.717) is 6.04 Å². The van der Waals surface area contributed by atoms with Crippen LogP contribution in [0.5, 0.6) is 0 Å². The minimum atomic E-state index is 0.712. The molecule has 0 radical (unpaired) electrons. The summed E-state index contributed by atoms with van der Waals surface area (Å²) in [7, 11) is 0. The fourth-order valence-electron chi connectivity index (χ4n) is 2.55. The lowest BCUT2D eigenvalue weighted by Crippen LogP contribution is -2.35. The van der Waals surface area contributed by atoms with Gasteiger partial charge >= 0.3 is 0 Å². The summed E-state index contributed by atoms with van der Waals surface area (Å²) >= 11 is 1.96. The average Bonchev–Trinajstić information content (AvgIpc) is 2.52. The maximum Gasteiger partial charge on any atom is 0.00798 e. The largest absolute Gasteiger partial charge is 0.314 e. The van der Waals surface area contributed by atoms with Crippen LogP contribution in [-0.4, -0.2) is 48.6 Å². The third kappa shape index (κ3) is 6.12. The summed E-state index contributed by atoms with van der Waals surface area (Å²) in [6.45, 7) is 10.7. The van der Waals surface area contributed by atoms with Gasteiger partial charge in [-0.2, -0.15) is 11.8 Å². The highest BCUT2D eigenvalue weighted by atomic mass is 32.2. The Hall–Kier alpha value is 0.270. The SMILES string of the molecule is CSCC(C)CNC1CCCN(C(C)C)CC1. The van der Waals surface area contributed by atoms with Crippen molar-refractivity contribution >= 4 is 11.8 Å². The van der Waals surface area contributed by atoms with Crippen molar-refractivity contribution in [2.45, 2.75) is 52.1 Å². The van der Waals surface area contributed by atoms with Crippen LogP contribution in [0, 0.1) is 5.92 Å². The predicted octanol–water partition coefficient (Wildman–Crippen LogP) is 2.84. The van der Waals surface area contributed by atoms with E-state index in [1.165, 1.54) is 44.6 Å². The van der Waals surface area contributed by atoms with Gasteiger partial charge in [-0.3, -0.25) is 0 Å². The molecule has 1 aliphatic rings. The van der Waals surface area contributed by atoms with E-state index in [0.717, 1.165) is 12.0 Å². The third-order valence-electron chi connectivity index (χ3n) is 3.70. The summed E-state index contributed by atoms with van der Waals surface area (Å²) in [5.74, 6) is 2.08. The standard InChI is InChI=1S/C14H30N2S/c1-12(2)16-8-5-6-14(7-9-16)15-10-13(3)11-17-4/h12-15H,5-11H2,1-4H3. The van der Waals surface area contributed by atoms with E-state index in [1.54, 1.807) is 0 Å². The molecule has 3 heteroatoms. The Kier molecular flexibility index (Phi) is 7.56. The van der Waals surface area contributed by atoms with Crippen LogP contribution in [0.1, 0.15) is 40.0 Å². The van der Waals surface area contributed by atoms with E-state index in [9.17, 15) is 0 Å². The number of nitrogens with zero attached hydrogens (tertiary/aromatic N) is 1. The molecule has 102 valence electrons. The molecule has 0 aliphatic carbocycles. The molecule has 1 heterocycles. The predicted molar refractivity (Wildman–Crippen MR) is 79.9 cm³/mol. The van der Waals surface area contributed by atoms with Gasteiger partial charge in [-0.25, -0.2) is 0 Å². The highest BCUT2D eigenvalue weighted by Gasteiger charge is 2.18.